The number of piperidine rings is 1. The Morgan fingerprint density at radius 3 is 2.62 bits per heavy atom. The van der Waals surface area contributed by atoms with E-state index < -0.39 is 0 Å². The van der Waals surface area contributed by atoms with Gasteiger partial charge in [-0.15, -0.1) is 0 Å². The molecule has 0 unspecified atom stereocenters. The Labute approximate surface area is 133 Å². The number of benzene rings is 1. The lowest BCUT2D eigenvalue weighted by molar-refractivity contribution is -0.119. The minimum Gasteiger partial charge on any atom is -0.356 e. The highest BCUT2D eigenvalue weighted by atomic mass is 79.9. The van der Waals surface area contributed by atoms with Gasteiger partial charge < -0.3 is 10.2 Å². The first kappa shape index (κ1) is 14.6. The first-order chi connectivity index (χ1) is 9.99. The van der Waals surface area contributed by atoms with E-state index in [-0.39, 0.29) is 17.2 Å². The minimum absolute atomic E-state index is 0.0778. The highest BCUT2D eigenvalue weighted by Crippen LogP contribution is 2.38. The van der Waals surface area contributed by atoms with Crippen LogP contribution in [0.15, 0.2) is 22.7 Å². The second-order valence-corrected chi connectivity index (χ2v) is 7.08. The molecule has 3 rings (SSSR count). The lowest BCUT2D eigenvalue weighted by Gasteiger charge is -2.38. The number of carbonyl (C=O) groups excluding carboxylic acids is 2. The van der Waals surface area contributed by atoms with Crippen molar-refractivity contribution in [2.45, 2.75) is 26.2 Å². The maximum Gasteiger partial charge on any atom is 0.254 e. The molecule has 1 aromatic carbocycles. The predicted octanol–water partition coefficient (Wildman–Crippen LogP) is 2.50. The summed E-state index contributed by atoms with van der Waals surface area (Å²) in [6.07, 6.45) is 2.42. The predicted molar refractivity (Wildman–Crippen MR) is 84.1 cm³/mol. The first-order valence-corrected chi connectivity index (χ1v) is 8.11. The summed E-state index contributed by atoms with van der Waals surface area (Å²) in [5.41, 5.74) is 1.93. The molecule has 0 radical (unpaired) electrons. The van der Waals surface area contributed by atoms with Gasteiger partial charge in [0, 0.05) is 30.5 Å². The Morgan fingerprint density at radius 2 is 2.05 bits per heavy atom. The number of likely N-dealkylation sites (tertiary alicyclic amines) is 1. The summed E-state index contributed by atoms with van der Waals surface area (Å²) < 4.78 is 0.852. The highest BCUT2D eigenvalue weighted by molar-refractivity contribution is 9.10. The number of nitrogens with one attached hydrogen (secondary N) is 1. The molecule has 2 fully saturated rings. The van der Waals surface area contributed by atoms with Crippen LogP contribution in [0.5, 0.6) is 0 Å². The standard InChI is InChI=1S/C16H19BrN2O2/c1-11-2-3-12(13(17)8-11)15(21)19-6-4-16(5-7-19)9-14(20)18-10-16/h2-3,8H,4-7,9-10H2,1H3,(H,18,20). The first-order valence-electron chi connectivity index (χ1n) is 7.31. The quantitative estimate of drug-likeness (QED) is 0.845. The molecule has 0 aromatic heterocycles. The van der Waals surface area contributed by atoms with Crippen molar-refractivity contribution < 1.29 is 9.59 Å². The summed E-state index contributed by atoms with van der Waals surface area (Å²) in [5.74, 6) is 0.227. The smallest absolute Gasteiger partial charge is 0.254 e. The summed E-state index contributed by atoms with van der Waals surface area (Å²) >= 11 is 3.48. The van der Waals surface area contributed by atoms with Crippen LogP contribution in [0.1, 0.15) is 35.2 Å². The molecule has 4 nitrogen and oxygen atoms in total. The van der Waals surface area contributed by atoms with Gasteiger partial charge in [-0.1, -0.05) is 6.07 Å². The Kier molecular flexibility index (Phi) is 3.78. The van der Waals surface area contributed by atoms with Crippen LogP contribution in [0.3, 0.4) is 0 Å². The third-order valence-corrected chi connectivity index (χ3v) is 5.32. The summed E-state index contributed by atoms with van der Waals surface area (Å²) in [5, 5.41) is 2.92. The van der Waals surface area contributed by atoms with Crippen LogP contribution in [0.4, 0.5) is 0 Å². The molecule has 1 N–H and O–H groups in total. The molecule has 2 amide bonds. The molecule has 1 spiro atoms. The van der Waals surface area contributed by atoms with Gasteiger partial charge >= 0.3 is 0 Å². The topological polar surface area (TPSA) is 49.4 Å². The molecule has 2 heterocycles. The number of amides is 2. The van der Waals surface area contributed by atoms with Crippen molar-refractivity contribution in [2.24, 2.45) is 5.41 Å². The Morgan fingerprint density at radius 1 is 1.33 bits per heavy atom. The molecular weight excluding hydrogens is 332 g/mol. The van der Waals surface area contributed by atoms with E-state index in [9.17, 15) is 9.59 Å². The van der Waals surface area contributed by atoms with Crippen LogP contribution in [0.2, 0.25) is 0 Å². The molecule has 2 aliphatic rings. The van der Waals surface area contributed by atoms with Crippen molar-refractivity contribution >= 4 is 27.7 Å². The molecule has 0 saturated carbocycles. The van der Waals surface area contributed by atoms with E-state index in [1.54, 1.807) is 0 Å². The molecule has 2 saturated heterocycles. The Bertz CT molecular complexity index is 592. The van der Waals surface area contributed by atoms with Crippen LogP contribution >= 0.6 is 15.9 Å². The van der Waals surface area contributed by atoms with Crippen molar-refractivity contribution in [1.29, 1.82) is 0 Å². The number of hydrogen-bond donors (Lipinski definition) is 1. The van der Waals surface area contributed by atoms with Crippen LogP contribution in [-0.2, 0) is 4.79 Å². The van der Waals surface area contributed by atoms with Crippen LogP contribution in [0.25, 0.3) is 0 Å². The largest absolute Gasteiger partial charge is 0.356 e. The van der Waals surface area contributed by atoms with E-state index in [1.807, 2.05) is 30.0 Å². The van der Waals surface area contributed by atoms with Gasteiger partial charge in [0.15, 0.2) is 0 Å². The number of hydrogen-bond acceptors (Lipinski definition) is 2. The van der Waals surface area contributed by atoms with Crippen molar-refractivity contribution in [3.05, 3.63) is 33.8 Å². The lowest BCUT2D eigenvalue weighted by atomic mass is 9.77. The third-order valence-electron chi connectivity index (χ3n) is 4.66. The zero-order valence-electron chi connectivity index (χ0n) is 12.1. The Balaban J connectivity index is 1.69. The molecular formula is C16H19BrN2O2. The maximum atomic E-state index is 12.6. The van der Waals surface area contributed by atoms with Crippen molar-refractivity contribution in [3.63, 3.8) is 0 Å². The van der Waals surface area contributed by atoms with Gasteiger partial charge in [0.1, 0.15) is 0 Å². The van der Waals surface area contributed by atoms with Crippen molar-refractivity contribution in [3.8, 4) is 0 Å². The molecule has 21 heavy (non-hydrogen) atoms. The van der Waals surface area contributed by atoms with Crippen LogP contribution in [0, 0.1) is 12.3 Å². The molecule has 112 valence electrons. The van der Waals surface area contributed by atoms with Gasteiger partial charge in [0.05, 0.1) is 5.56 Å². The average molecular weight is 351 g/mol. The van der Waals surface area contributed by atoms with Crippen molar-refractivity contribution in [2.75, 3.05) is 19.6 Å². The molecule has 1 aromatic rings. The zero-order chi connectivity index (χ0) is 15.0. The van der Waals surface area contributed by atoms with E-state index in [4.69, 9.17) is 0 Å². The number of halogens is 1. The minimum atomic E-state index is 0.0778. The summed E-state index contributed by atoms with van der Waals surface area (Å²) in [4.78, 5) is 26.0. The number of nitrogens with zero attached hydrogens (tertiary/aromatic N) is 1. The number of rotatable bonds is 1. The van der Waals surface area contributed by atoms with Gasteiger partial charge in [-0.25, -0.2) is 0 Å². The second kappa shape index (κ2) is 5.44. The van der Waals surface area contributed by atoms with Crippen LogP contribution in [-0.4, -0.2) is 36.3 Å². The number of carbonyl (C=O) groups is 2. The highest BCUT2D eigenvalue weighted by Gasteiger charge is 2.41. The second-order valence-electron chi connectivity index (χ2n) is 6.23. The van der Waals surface area contributed by atoms with Gasteiger partial charge in [0.2, 0.25) is 5.91 Å². The summed E-state index contributed by atoms with van der Waals surface area (Å²) in [7, 11) is 0. The average Bonchev–Trinajstić information content (AvgIpc) is 2.80. The van der Waals surface area contributed by atoms with E-state index in [0.29, 0.717) is 6.42 Å². The van der Waals surface area contributed by atoms with Gasteiger partial charge in [0.25, 0.3) is 5.91 Å². The zero-order valence-corrected chi connectivity index (χ0v) is 13.7. The SMILES string of the molecule is Cc1ccc(C(=O)N2CCC3(CC2)CNC(=O)C3)c(Br)c1. The van der Waals surface area contributed by atoms with E-state index in [1.165, 1.54) is 0 Å². The van der Waals surface area contributed by atoms with E-state index in [2.05, 4.69) is 21.2 Å². The Hall–Kier alpha value is -1.36. The molecule has 0 atom stereocenters. The number of aryl methyl sites for hydroxylation is 1. The molecule has 0 bridgehead atoms. The lowest BCUT2D eigenvalue weighted by Crippen LogP contribution is -2.44. The van der Waals surface area contributed by atoms with Crippen molar-refractivity contribution in [1.82, 2.24) is 10.2 Å². The fraction of sp³-hybridized carbons (Fsp3) is 0.500. The summed E-state index contributed by atoms with van der Waals surface area (Å²) in [6, 6.07) is 5.81. The van der Waals surface area contributed by atoms with Crippen LogP contribution < -0.4 is 5.32 Å². The van der Waals surface area contributed by atoms with Gasteiger partial charge in [-0.3, -0.25) is 9.59 Å². The van der Waals surface area contributed by atoms with E-state index >= 15 is 0 Å². The fourth-order valence-corrected chi connectivity index (χ4v) is 3.92. The fourth-order valence-electron chi connectivity index (χ4n) is 3.25. The molecule has 0 aliphatic carbocycles. The maximum absolute atomic E-state index is 12.6. The van der Waals surface area contributed by atoms with E-state index in [0.717, 1.165) is 48.1 Å². The summed E-state index contributed by atoms with van der Waals surface area (Å²) in [6.45, 7) is 4.23. The van der Waals surface area contributed by atoms with Gasteiger partial charge in [-0.05, 0) is 58.8 Å². The van der Waals surface area contributed by atoms with Gasteiger partial charge in [-0.2, -0.15) is 0 Å². The third kappa shape index (κ3) is 2.84. The normalized spacial score (nSPS) is 20.7. The monoisotopic (exact) mass is 350 g/mol. The molecule has 5 heteroatoms. The molecule has 2 aliphatic heterocycles.